The van der Waals surface area contributed by atoms with Gasteiger partial charge in [-0.25, -0.2) is 17.9 Å². The number of nitrogens with zero attached hydrogens (tertiary/aromatic N) is 1. The monoisotopic (exact) mass is 416 g/mol. The molecule has 1 aromatic heterocycles. The number of hydrogen-bond donors (Lipinski definition) is 1. The van der Waals surface area contributed by atoms with Crippen LogP contribution in [-0.4, -0.2) is 20.9 Å². The van der Waals surface area contributed by atoms with Crippen LogP contribution < -0.4 is 14.8 Å². The lowest BCUT2D eigenvalue weighted by Gasteiger charge is -2.16. The summed E-state index contributed by atoms with van der Waals surface area (Å²) in [6.07, 6.45) is 0.604. The van der Waals surface area contributed by atoms with Gasteiger partial charge in [-0.2, -0.15) is 0 Å². The summed E-state index contributed by atoms with van der Waals surface area (Å²) in [5.41, 5.74) is 1.36. The highest BCUT2D eigenvalue weighted by Crippen LogP contribution is 2.31. The average molecular weight is 416 g/mol. The van der Waals surface area contributed by atoms with Gasteiger partial charge in [0.25, 0.3) is 5.91 Å². The summed E-state index contributed by atoms with van der Waals surface area (Å²) in [6.45, 7) is 0.482. The topological polar surface area (TPSA) is 103 Å². The van der Waals surface area contributed by atoms with Gasteiger partial charge in [0.05, 0.1) is 4.90 Å². The molecular weight excluding hydrogens is 399 g/mol. The van der Waals surface area contributed by atoms with Crippen LogP contribution in [0.3, 0.4) is 0 Å². The first-order valence-electron chi connectivity index (χ1n) is 8.76. The first kappa shape index (κ1) is 19.2. The predicted molar refractivity (Wildman–Crippen MR) is 103 cm³/mol. The van der Waals surface area contributed by atoms with E-state index in [-0.39, 0.29) is 29.0 Å². The van der Waals surface area contributed by atoms with Crippen LogP contribution in [-0.2, 0) is 23.1 Å². The number of ether oxygens (including phenoxy) is 1. The van der Waals surface area contributed by atoms with E-state index in [1.54, 1.807) is 12.1 Å². The molecule has 0 radical (unpaired) electrons. The fourth-order valence-electron chi connectivity index (χ4n) is 3.14. The highest BCUT2D eigenvalue weighted by Gasteiger charge is 2.28. The van der Waals surface area contributed by atoms with Crippen molar-refractivity contribution in [2.24, 2.45) is 5.14 Å². The molecule has 1 amide bonds. The Morgan fingerprint density at radius 2 is 1.90 bits per heavy atom. The number of carbonyl (C=O) groups excluding carboxylic acids is 1. The lowest BCUT2D eigenvalue weighted by atomic mass is 10.2. The van der Waals surface area contributed by atoms with Gasteiger partial charge in [0.2, 0.25) is 10.0 Å². The van der Waals surface area contributed by atoms with Crippen molar-refractivity contribution in [3.05, 3.63) is 77.5 Å². The minimum absolute atomic E-state index is 0.0521. The number of anilines is 1. The molecule has 0 bridgehead atoms. The molecule has 0 saturated carbocycles. The van der Waals surface area contributed by atoms with Crippen molar-refractivity contribution in [3.63, 3.8) is 0 Å². The molecule has 9 heteroatoms. The highest BCUT2D eigenvalue weighted by molar-refractivity contribution is 7.89. The van der Waals surface area contributed by atoms with Crippen molar-refractivity contribution in [3.8, 4) is 5.75 Å². The van der Waals surface area contributed by atoms with Gasteiger partial charge in [0.1, 0.15) is 23.9 Å². The van der Waals surface area contributed by atoms with Gasteiger partial charge in [-0.1, -0.05) is 6.07 Å². The standard InChI is InChI=1S/C20H17FN2O5S/c21-14-2-4-15(5-3-14)27-12-16-6-8-19(28-16)20(24)23-10-9-13-1-7-17(11-18(13)23)29(22,25)26/h1-8,11H,9-10,12H2,(H2,22,25,26). The highest BCUT2D eigenvalue weighted by atomic mass is 32.2. The number of amides is 1. The normalized spacial score (nSPS) is 13.4. The number of nitrogens with two attached hydrogens (primary N) is 1. The summed E-state index contributed by atoms with van der Waals surface area (Å²) >= 11 is 0. The Balaban J connectivity index is 1.50. The van der Waals surface area contributed by atoms with Crippen molar-refractivity contribution in [2.45, 2.75) is 17.9 Å². The molecule has 0 saturated heterocycles. The second-order valence-electron chi connectivity index (χ2n) is 6.55. The van der Waals surface area contributed by atoms with E-state index in [0.29, 0.717) is 30.2 Å². The fraction of sp³-hybridized carbons (Fsp3) is 0.150. The molecule has 1 aliphatic rings. The smallest absolute Gasteiger partial charge is 0.293 e. The second kappa shape index (κ2) is 7.34. The Labute approximate surface area is 166 Å². The Morgan fingerprint density at radius 3 is 2.62 bits per heavy atom. The Bertz CT molecular complexity index is 1170. The Morgan fingerprint density at radius 1 is 1.14 bits per heavy atom. The van der Waals surface area contributed by atoms with Crippen LogP contribution in [0.5, 0.6) is 5.75 Å². The fourth-order valence-corrected chi connectivity index (χ4v) is 3.67. The Kier molecular flexibility index (Phi) is 4.85. The van der Waals surface area contributed by atoms with Crippen molar-refractivity contribution in [2.75, 3.05) is 11.4 Å². The summed E-state index contributed by atoms with van der Waals surface area (Å²) in [5, 5.41) is 5.19. The van der Waals surface area contributed by atoms with Crippen molar-refractivity contribution in [1.29, 1.82) is 0 Å². The summed E-state index contributed by atoms with van der Waals surface area (Å²) in [7, 11) is -3.87. The van der Waals surface area contributed by atoms with E-state index in [4.69, 9.17) is 14.3 Å². The van der Waals surface area contributed by atoms with Crippen LogP contribution in [0.25, 0.3) is 0 Å². The number of benzene rings is 2. The molecule has 3 aromatic rings. The van der Waals surface area contributed by atoms with E-state index in [1.807, 2.05) is 0 Å². The maximum atomic E-state index is 12.9. The molecule has 150 valence electrons. The van der Waals surface area contributed by atoms with Crippen LogP contribution in [0.15, 0.2) is 63.9 Å². The number of carbonyl (C=O) groups is 1. The molecule has 1 aliphatic heterocycles. The van der Waals surface area contributed by atoms with Crippen LogP contribution in [0, 0.1) is 5.82 Å². The van der Waals surface area contributed by atoms with Gasteiger partial charge >= 0.3 is 0 Å². The van der Waals surface area contributed by atoms with Gasteiger partial charge in [-0.05, 0) is 60.5 Å². The molecule has 0 atom stereocenters. The third-order valence-electron chi connectivity index (χ3n) is 4.59. The van der Waals surface area contributed by atoms with E-state index in [1.165, 1.54) is 47.4 Å². The van der Waals surface area contributed by atoms with Crippen LogP contribution in [0.2, 0.25) is 0 Å². The van der Waals surface area contributed by atoms with E-state index >= 15 is 0 Å². The third kappa shape index (κ3) is 4.01. The van der Waals surface area contributed by atoms with Gasteiger partial charge in [-0.3, -0.25) is 4.79 Å². The molecule has 2 aromatic carbocycles. The van der Waals surface area contributed by atoms with E-state index in [9.17, 15) is 17.6 Å². The SMILES string of the molecule is NS(=O)(=O)c1ccc2c(c1)N(C(=O)c1ccc(COc3ccc(F)cc3)o1)CC2. The molecule has 4 rings (SSSR count). The average Bonchev–Trinajstić information content (AvgIpc) is 3.33. The molecule has 0 aliphatic carbocycles. The van der Waals surface area contributed by atoms with E-state index < -0.39 is 10.0 Å². The number of rotatable bonds is 5. The summed E-state index contributed by atoms with van der Waals surface area (Å²) < 4.78 is 47.2. The number of primary sulfonamides is 1. The number of furan rings is 1. The maximum Gasteiger partial charge on any atom is 0.293 e. The summed E-state index contributed by atoms with van der Waals surface area (Å²) in [6, 6.07) is 13.2. The first-order chi connectivity index (χ1) is 13.8. The predicted octanol–water partition coefficient (Wildman–Crippen LogP) is 2.85. The summed E-state index contributed by atoms with van der Waals surface area (Å²) in [5.74, 6) is 0.259. The number of hydrogen-bond acceptors (Lipinski definition) is 5. The lowest BCUT2D eigenvalue weighted by molar-refractivity contribution is 0.0958. The second-order valence-corrected chi connectivity index (χ2v) is 8.11. The summed E-state index contributed by atoms with van der Waals surface area (Å²) in [4.78, 5) is 14.3. The molecule has 0 fully saturated rings. The van der Waals surface area contributed by atoms with Crippen molar-refractivity contribution < 1.29 is 26.8 Å². The van der Waals surface area contributed by atoms with E-state index in [0.717, 1.165) is 5.56 Å². The zero-order chi connectivity index (χ0) is 20.6. The largest absolute Gasteiger partial charge is 0.486 e. The number of halogens is 1. The maximum absolute atomic E-state index is 12.9. The van der Waals surface area contributed by atoms with Crippen LogP contribution in [0.4, 0.5) is 10.1 Å². The minimum Gasteiger partial charge on any atom is -0.486 e. The molecule has 2 N–H and O–H groups in total. The number of fused-ring (bicyclic) bond motifs is 1. The van der Waals surface area contributed by atoms with Gasteiger partial charge in [0, 0.05) is 12.2 Å². The van der Waals surface area contributed by atoms with Crippen molar-refractivity contribution >= 4 is 21.6 Å². The van der Waals surface area contributed by atoms with Crippen LogP contribution >= 0.6 is 0 Å². The van der Waals surface area contributed by atoms with Gasteiger partial charge in [-0.15, -0.1) is 0 Å². The van der Waals surface area contributed by atoms with Crippen LogP contribution in [0.1, 0.15) is 21.9 Å². The molecule has 29 heavy (non-hydrogen) atoms. The third-order valence-corrected chi connectivity index (χ3v) is 5.50. The quantitative estimate of drug-likeness (QED) is 0.689. The van der Waals surface area contributed by atoms with E-state index in [2.05, 4.69) is 0 Å². The zero-order valence-electron chi connectivity index (χ0n) is 15.2. The molecular formula is C20H17FN2O5S. The first-order valence-corrected chi connectivity index (χ1v) is 10.3. The van der Waals surface area contributed by atoms with Gasteiger partial charge < -0.3 is 14.1 Å². The Hall–Kier alpha value is -3.17. The van der Waals surface area contributed by atoms with Gasteiger partial charge in [0.15, 0.2) is 5.76 Å². The molecule has 0 unspecified atom stereocenters. The molecule has 2 heterocycles. The molecule has 7 nitrogen and oxygen atoms in total. The number of sulfonamides is 1. The minimum atomic E-state index is -3.87. The lowest BCUT2D eigenvalue weighted by Crippen LogP contribution is -2.28. The molecule has 0 spiro atoms. The zero-order valence-corrected chi connectivity index (χ0v) is 16.0. The van der Waals surface area contributed by atoms with Crippen molar-refractivity contribution in [1.82, 2.24) is 0 Å².